The van der Waals surface area contributed by atoms with E-state index in [2.05, 4.69) is 4.98 Å². The third kappa shape index (κ3) is 1.32. The Labute approximate surface area is 70.9 Å². The van der Waals surface area contributed by atoms with Gasteiger partial charge in [-0.1, -0.05) is 0 Å². The summed E-state index contributed by atoms with van der Waals surface area (Å²) in [5, 5.41) is 8.85. The Balaban J connectivity index is 3.05. The molecule has 0 radical (unpaired) electrons. The molecule has 4 nitrogen and oxygen atoms in total. The number of aliphatic carboxylic acids is 1. The van der Waals surface area contributed by atoms with Crippen LogP contribution in [-0.2, 0) is 17.3 Å². The molecule has 0 aromatic carbocycles. The van der Waals surface area contributed by atoms with Crippen LogP contribution in [0.5, 0.6) is 0 Å². The first-order valence-corrected chi connectivity index (χ1v) is 3.66. The number of aromatic nitrogens is 2. The molecule has 0 amide bonds. The summed E-state index contributed by atoms with van der Waals surface area (Å²) in [4.78, 5) is 14.8. The van der Waals surface area contributed by atoms with E-state index in [9.17, 15) is 4.79 Å². The molecule has 0 aliphatic heterocycles. The fraction of sp³-hybridized carbons (Fsp3) is 0.500. The Hall–Kier alpha value is -1.32. The molecule has 0 aliphatic carbocycles. The molecule has 0 spiro atoms. The minimum atomic E-state index is -0.902. The van der Waals surface area contributed by atoms with Crippen molar-refractivity contribution in [2.24, 2.45) is 7.05 Å². The quantitative estimate of drug-likeness (QED) is 0.710. The third-order valence-corrected chi connectivity index (χ3v) is 1.88. The lowest BCUT2D eigenvalue weighted by molar-refractivity contribution is -0.142. The van der Waals surface area contributed by atoms with Crippen molar-refractivity contribution in [2.75, 3.05) is 0 Å². The predicted molar refractivity (Wildman–Crippen MR) is 43.9 cm³/mol. The molecule has 66 valence electrons. The summed E-state index contributed by atoms with van der Waals surface area (Å²) < 4.78 is 1.74. The van der Waals surface area contributed by atoms with Gasteiger partial charge in [-0.2, -0.15) is 0 Å². The standard InChI is InChI=1S/C8H12N2O2/c1-8(2,7(11)12)6-4-10(3)5-9-6/h4-5H,1-3H3,(H,11,12). The van der Waals surface area contributed by atoms with Crippen molar-refractivity contribution in [3.63, 3.8) is 0 Å². The van der Waals surface area contributed by atoms with Crippen molar-refractivity contribution in [3.8, 4) is 0 Å². The van der Waals surface area contributed by atoms with Crippen LogP contribution in [0.2, 0.25) is 0 Å². The van der Waals surface area contributed by atoms with Gasteiger partial charge in [-0.3, -0.25) is 4.79 Å². The highest BCUT2D eigenvalue weighted by Crippen LogP contribution is 2.20. The minimum Gasteiger partial charge on any atom is -0.481 e. The molecule has 0 saturated carbocycles. The number of hydrogen-bond donors (Lipinski definition) is 1. The maximum Gasteiger partial charge on any atom is 0.315 e. The van der Waals surface area contributed by atoms with Gasteiger partial charge in [0.2, 0.25) is 0 Å². The predicted octanol–water partition coefficient (Wildman–Crippen LogP) is 0.782. The average Bonchev–Trinajstić information content (AvgIpc) is 2.35. The van der Waals surface area contributed by atoms with Gasteiger partial charge in [-0.15, -0.1) is 0 Å². The third-order valence-electron chi connectivity index (χ3n) is 1.88. The molecule has 1 aromatic heterocycles. The molecule has 0 aliphatic rings. The highest BCUT2D eigenvalue weighted by Gasteiger charge is 2.31. The highest BCUT2D eigenvalue weighted by molar-refractivity contribution is 5.79. The second kappa shape index (κ2) is 2.62. The molecule has 0 fully saturated rings. The SMILES string of the molecule is Cn1cnc(C(C)(C)C(=O)O)c1. The molecule has 1 heterocycles. The minimum absolute atomic E-state index is 0.581. The van der Waals surface area contributed by atoms with Crippen LogP contribution in [0.25, 0.3) is 0 Å². The molecule has 1 aromatic rings. The summed E-state index contributed by atoms with van der Waals surface area (Å²) in [6.45, 7) is 3.27. The highest BCUT2D eigenvalue weighted by atomic mass is 16.4. The number of imidazole rings is 1. The second-order valence-corrected chi connectivity index (χ2v) is 3.35. The van der Waals surface area contributed by atoms with E-state index in [1.165, 1.54) is 0 Å². The molecule has 1 rings (SSSR count). The molecule has 0 bridgehead atoms. The van der Waals surface area contributed by atoms with E-state index in [0.29, 0.717) is 5.69 Å². The van der Waals surface area contributed by atoms with Crippen LogP contribution in [0.1, 0.15) is 19.5 Å². The van der Waals surface area contributed by atoms with E-state index in [1.54, 1.807) is 30.9 Å². The van der Waals surface area contributed by atoms with Gasteiger partial charge in [0, 0.05) is 13.2 Å². The Morgan fingerprint density at radius 2 is 2.25 bits per heavy atom. The molecule has 12 heavy (non-hydrogen) atoms. The Kier molecular flexibility index (Phi) is 1.92. The molecule has 0 atom stereocenters. The van der Waals surface area contributed by atoms with Crippen molar-refractivity contribution < 1.29 is 9.90 Å². The monoisotopic (exact) mass is 168 g/mol. The van der Waals surface area contributed by atoms with Crippen LogP contribution in [0.15, 0.2) is 12.5 Å². The Bertz CT molecular complexity index is 302. The van der Waals surface area contributed by atoms with Crippen LogP contribution in [0, 0.1) is 0 Å². The van der Waals surface area contributed by atoms with Gasteiger partial charge in [0.1, 0.15) is 5.41 Å². The van der Waals surface area contributed by atoms with E-state index < -0.39 is 11.4 Å². The van der Waals surface area contributed by atoms with Crippen LogP contribution in [-0.4, -0.2) is 20.6 Å². The summed E-state index contributed by atoms with van der Waals surface area (Å²) in [5.41, 5.74) is -0.321. The van der Waals surface area contributed by atoms with Crippen LogP contribution < -0.4 is 0 Å². The van der Waals surface area contributed by atoms with Gasteiger partial charge >= 0.3 is 5.97 Å². The lowest BCUT2D eigenvalue weighted by Gasteiger charge is -2.15. The van der Waals surface area contributed by atoms with Crippen molar-refractivity contribution in [1.29, 1.82) is 0 Å². The van der Waals surface area contributed by atoms with Gasteiger partial charge in [0.15, 0.2) is 0 Å². The maximum atomic E-state index is 10.8. The van der Waals surface area contributed by atoms with E-state index in [0.717, 1.165) is 0 Å². The molecule has 0 unspecified atom stereocenters. The van der Waals surface area contributed by atoms with E-state index >= 15 is 0 Å². The zero-order valence-corrected chi connectivity index (χ0v) is 7.40. The van der Waals surface area contributed by atoms with Crippen LogP contribution >= 0.6 is 0 Å². The van der Waals surface area contributed by atoms with Gasteiger partial charge in [0.05, 0.1) is 12.0 Å². The number of nitrogens with zero attached hydrogens (tertiary/aromatic N) is 2. The zero-order chi connectivity index (χ0) is 9.35. The summed E-state index contributed by atoms with van der Waals surface area (Å²) >= 11 is 0. The Morgan fingerprint density at radius 3 is 2.58 bits per heavy atom. The first-order chi connectivity index (χ1) is 5.44. The average molecular weight is 168 g/mol. The van der Waals surface area contributed by atoms with Crippen molar-refractivity contribution in [1.82, 2.24) is 9.55 Å². The summed E-state index contributed by atoms with van der Waals surface area (Å²) in [7, 11) is 1.81. The van der Waals surface area contributed by atoms with Crippen LogP contribution in [0.4, 0.5) is 0 Å². The van der Waals surface area contributed by atoms with Gasteiger partial charge < -0.3 is 9.67 Å². The Morgan fingerprint density at radius 1 is 1.67 bits per heavy atom. The normalized spacial score (nSPS) is 11.6. The maximum absolute atomic E-state index is 10.8. The molecule has 4 heteroatoms. The first kappa shape index (κ1) is 8.77. The van der Waals surface area contributed by atoms with Crippen molar-refractivity contribution in [2.45, 2.75) is 19.3 Å². The van der Waals surface area contributed by atoms with Gasteiger partial charge in [-0.05, 0) is 13.8 Å². The first-order valence-electron chi connectivity index (χ1n) is 3.66. The number of carboxylic acid groups (broad SMARTS) is 1. The van der Waals surface area contributed by atoms with E-state index in [4.69, 9.17) is 5.11 Å². The number of carbonyl (C=O) groups is 1. The van der Waals surface area contributed by atoms with Crippen LogP contribution in [0.3, 0.4) is 0 Å². The summed E-state index contributed by atoms with van der Waals surface area (Å²) in [6.07, 6.45) is 3.31. The van der Waals surface area contributed by atoms with Crippen molar-refractivity contribution >= 4 is 5.97 Å². The molecule has 1 N–H and O–H groups in total. The zero-order valence-electron chi connectivity index (χ0n) is 7.40. The molecular weight excluding hydrogens is 156 g/mol. The number of aryl methyl sites for hydroxylation is 1. The smallest absolute Gasteiger partial charge is 0.315 e. The number of carboxylic acids is 1. The number of rotatable bonds is 2. The summed E-state index contributed by atoms with van der Waals surface area (Å²) in [6, 6.07) is 0. The summed E-state index contributed by atoms with van der Waals surface area (Å²) in [5.74, 6) is -0.860. The number of hydrogen-bond acceptors (Lipinski definition) is 2. The van der Waals surface area contributed by atoms with E-state index in [-0.39, 0.29) is 0 Å². The lowest BCUT2D eigenvalue weighted by atomic mass is 9.90. The molecular formula is C8H12N2O2. The van der Waals surface area contributed by atoms with Gasteiger partial charge in [0.25, 0.3) is 0 Å². The topological polar surface area (TPSA) is 55.1 Å². The van der Waals surface area contributed by atoms with E-state index in [1.807, 2.05) is 7.05 Å². The largest absolute Gasteiger partial charge is 0.481 e. The fourth-order valence-electron chi connectivity index (χ4n) is 0.845. The van der Waals surface area contributed by atoms with Crippen molar-refractivity contribution in [3.05, 3.63) is 18.2 Å². The second-order valence-electron chi connectivity index (χ2n) is 3.35. The fourth-order valence-corrected chi connectivity index (χ4v) is 0.845. The molecule has 0 saturated heterocycles. The van der Waals surface area contributed by atoms with Gasteiger partial charge in [-0.25, -0.2) is 4.98 Å². The lowest BCUT2D eigenvalue weighted by Crippen LogP contribution is -2.28.